The number of pyridine rings is 2. The number of alkyl halides is 3. The second-order valence-corrected chi connectivity index (χ2v) is 9.85. The molecule has 37 heavy (non-hydrogen) atoms. The fourth-order valence-corrected chi connectivity index (χ4v) is 4.86. The van der Waals surface area contributed by atoms with Gasteiger partial charge in [-0.25, -0.2) is 19.9 Å². The van der Waals surface area contributed by atoms with Gasteiger partial charge in [-0.2, -0.15) is 13.2 Å². The predicted octanol–water partition coefficient (Wildman–Crippen LogP) is 5.36. The summed E-state index contributed by atoms with van der Waals surface area (Å²) in [6, 6.07) is 6.78. The van der Waals surface area contributed by atoms with Gasteiger partial charge in [0.25, 0.3) is 5.91 Å². The fourth-order valence-electron chi connectivity index (χ4n) is 4.86. The van der Waals surface area contributed by atoms with Crippen LogP contribution in [0.4, 0.5) is 13.2 Å². The molecule has 1 aliphatic heterocycles. The summed E-state index contributed by atoms with van der Waals surface area (Å²) in [5, 5.41) is 0. The van der Waals surface area contributed by atoms with Gasteiger partial charge in [0.2, 0.25) is 5.88 Å². The average molecular weight is 512 g/mol. The van der Waals surface area contributed by atoms with Crippen molar-refractivity contribution in [3.05, 3.63) is 65.9 Å². The van der Waals surface area contributed by atoms with E-state index in [1.54, 1.807) is 29.4 Å². The molecule has 3 aromatic heterocycles. The Balaban J connectivity index is 1.40. The molecule has 1 amide bonds. The van der Waals surface area contributed by atoms with Gasteiger partial charge in [-0.1, -0.05) is 12.8 Å². The number of piperidine rings is 1. The molecule has 1 saturated carbocycles. The molecule has 5 rings (SSSR count). The summed E-state index contributed by atoms with van der Waals surface area (Å²) in [7, 11) is 0. The number of nitrogens with zero attached hydrogens (tertiary/aromatic N) is 5. The summed E-state index contributed by atoms with van der Waals surface area (Å²) in [5.74, 6) is 1.12. The van der Waals surface area contributed by atoms with Crippen LogP contribution < -0.4 is 4.74 Å². The number of likely N-dealkylation sites (tertiary alicyclic amines) is 1. The summed E-state index contributed by atoms with van der Waals surface area (Å²) in [5.41, 5.74) is 0.672. The largest absolute Gasteiger partial charge is 0.475 e. The topological polar surface area (TPSA) is 81.1 Å². The minimum atomic E-state index is -4.49. The highest BCUT2D eigenvalue weighted by atomic mass is 19.4. The van der Waals surface area contributed by atoms with E-state index < -0.39 is 11.7 Å². The molecule has 3 aromatic rings. The number of amides is 1. The second kappa shape index (κ2) is 10.4. The van der Waals surface area contributed by atoms with Crippen molar-refractivity contribution in [1.29, 1.82) is 0 Å². The van der Waals surface area contributed by atoms with Crippen LogP contribution in [0.2, 0.25) is 0 Å². The monoisotopic (exact) mass is 511 g/mol. The lowest BCUT2D eigenvalue weighted by molar-refractivity contribution is -0.137. The maximum absolute atomic E-state index is 14.0. The molecule has 1 saturated heterocycles. The Hall–Kier alpha value is -3.56. The number of hydrogen-bond donors (Lipinski definition) is 0. The van der Waals surface area contributed by atoms with E-state index in [0.717, 1.165) is 37.1 Å². The molecule has 4 heterocycles. The van der Waals surface area contributed by atoms with Crippen LogP contribution in [-0.2, 0) is 6.18 Å². The van der Waals surface area contributed by atoms with Crippen molar-refractivity contribution in [1.82, 2.24) is 24.8 Å². The first kappa shape index (κ1) is 25.1. The molecule has 194 valence electrons. The van der Waals surface area contributed by atoms with E-state index >= 15 is 0 Å². The van der Waals surface area contributed by atoms with Crippen molar-refractivity contribution < 1.29 is 22.7 Å². The molecule has 2 unspecified atom stereocenters. The van der Waals surface area contributed by atoms with E-state index in [1.165, 1.54) is 12.8 Å². The van der Waals surface area contributed by atoms with Crippen molar-refractivity contribution in [3.63, 3.8) is 0 Å². The van der Waals surface area contributed by atoms with E-state index in [0.29, 0.717) is 36.0 Å². The Morgan fingerprint density at radius 2 is 1.78 bits per heavy atom. The number of hydrogen-bond acceptors (Lipinski definition) is 6. The van der Waals surface area contributed by atoms with E-state index in [-0.39, 0.29) is 30.1 Å². The number of ether oxygens (including phenoxy) is 1. The lowest BCUT2D eigenvalue weighted by Gasteiger charge is -2.39. The van der Waals surface area contributed by atoms with E-state index in [2.05, 4.69) is 19.9 Å². The molecular formula is C27H28F3N5O2. The highest BCUT2D eigenvalue weighted by Gasteiger charge is 2.37. The molecule has 0 spiro atoms. The van der Waals surface area contributed by atoms with Gasteiger partial charge in [-0.3, -0.25) is 4.79 Å². The minimum absolute atomic E-state index is 0.0409. The Labute approximate surface area is 213 Å². The molecule has 0 bridgehead atoms. The number of carbonyl (C=O) groups is 1. The summed E-state index contributed by atoms with van der Waals surface area (Å²) < 4.78 is 45.1. The SMILES string of the molecule is Cc1ccc(-c2ncccn2)c(C(=O)N2CC(CC3CC3)CCC2COc2cc(C(F)(F)F)ccn2)n1. The summed E-state index contributed by atoms with van der Waals surface area (Å²) in [6.07, 6.45) is 4.96. The van der Waals surface area contributed by atoms with Gasteiger partial charge in [-0.15, -0.1) is 0 Å². The van der Waals surface area contributed by atoms with Gasteiger partial charge in [-0.05, 0) is 62.3 Å². The summed E-state index contributed by atoms with van der Waals surface area (Å²) >= 11 is 0. The lowest BCUT2D eigenvalue weighted by atomic mass is 9.88. The van der Waals surface area contributed by atoms with Crippen molar-refractivity contribution in [3.8, 4) is 17.3 Å². The van der Waals surface area contributed by atoms with Crippen LogP contribution in [0.1, 0.15) is 53.8 Å². The third-order valence-electron chi connectivity index (χ3n) is 6.96. The van der Waals surface area contributed by atoms with Gasteiger partial charge in [0.15, 0.2) is 5.82 Å². The zero-order chi connectivity index (χ0) is 26.0. The van der Waals surface area contributed by atoms with Crippen LogP contribution >= 0.6 is 0 Å². The Morgan fingerprint density at radius 1 is 1.03 bits per heavy atom. The molecule has 2 aliphatic rings. The van der Waals surface area contributed by atoms with Crippen LogP contribution in [0.15, 0.2) is 48.9 Å². The molecule has 0 N–H and O–H groups in total. The van der Waals surface area contributed by atoms with Crippen molar-refractivity contribution in [2.45, 2.75) is 51.2 Å². The summed E-state index contributed by atoms with van der Waals surface area (Å²) in [4.78, 5) is 32.9. The normalized spacial score (nSPS) is 20.1. The summed E-state index contributed by atoms with van der Waals surface area (Å²) in [6.45, 7) is 2.40. The van der Waals surface area contributed by atoms with E-state index in [1.807, 2.05) is 13.0 Å². The Kier molecular flexibility index (Phi) is 7.08. The highest BCUT2D eigenvalue weighted by Crippen LogP contribution is 2.39. The zero-order valence-electron chi connectivity index (χ0n) is 20.5. The van der Waals surface area contributed by atoms with Gasteiger partial charge in [0.05, 0.1) is 17.2 Å². The molecule has 0 aromatic carbocycles. The maximum Gasteiger partial charge on any atom is 0.416 e. The molecule has 0 radical (unpaired) electrons. The Bertz CT molecular complexity index is 1250. The molecule has 2 fully saturated rings. The van der Waals surface area contributed by atoms with Gasteiger partial charge in [0, 0.05) is 36.9 Å². The van der Waals surface area contributed by atoms with Crippen molar-refractivity contribution in [2.75, 3.05) is 13.2 Å². The van der Waals surface area contributed by atoms with Gasteiger partial charge >= 0.3 is 6.18 Å². The number of aryl methyl sites for hydroxylation is 1. The molecule has 2 atom stereocenters. The standard InChI is InChI=1S/C27H28F3N5O2/c1-17-3-8-22(25-32-10-2-11-33-25)24(34-17)26(36)35-15-19(13-18-4-5-18)6-7-21(35)16-37-23-14-20(9-12-31-23)27(28,29)30/h2-3,8-12,14,18-19,21H,4-7,13,15-16H2,1H3. The van der Waals surface area contributed by atoms with Crippen molar-refractivity contribution in [2.24, 2.45) is 11.8 Å². The van der Waals surface area contributed by atoms with Crippen LogP contribution in [0.25, 0.3) is 11.4 Å². The number of rotatable bonds is 7. The fraction of sp³-hybridized carbons (Fsp3) is 0.444. The number of carbonyl (C=O) groups excluding carboxylic acids is 1. The zero-order valence-corrected chi connectivity index (χ0v) is 20.5. The van der Waals surface area contributed by atoms with Gasteiger partial charge < -0.3 is 9.64 Å². The molecule has 10 heteroatoms. The van der Waals surface area contributed by atoms with Crippen LogP contribution in [0.5, 0.6) is 5.88 Å². The molecule has 7 nitrogen and oxygen atoms in total. The van der Waals surface area contributed by atoms with E-state index in [9.17, 15) is 18.0 Å². The van der Waals surface area contributed by atoms with E-state index in [4.69, 9.17) is 4.74 Å². The highest BCUT2D eigenvalue weighted by molar-refractivity contribution is 5.98. The average Bonchev–Trinajstić information content (AvgIpc) is 3.71. The molecule has 1 aliphatic carbocycles. The van der Waals surface area contributed by atoms with Crippen LogP contribution in [0.3, 0.4) is 0 Å². The maximum atomic E-state index is 14.0. The second-order valence-electron chi connectivity index (χ2n) is 9.85. The quantitative estimate of drug-likeness (QED) is 0.425. The minimum Gasteiger partial charge on any atom is -0.475 e. The number of halogens is 3. The predicted molar refractivity (Wildman–Crippen MR) is 130 cm³/mol. The lowest BCUT2D eigenvalue weighted by Crippen LogP contribution is -2.50. The Morgan fingerprint density at radius 3 is 2.51 bits per heavy atom. The number of aromatic nitrogens is 4. The first-order valence-corrected chi connectivity index (χ1v) is 12.5. The van der Waals surface area contributed by atoms with Crippen molar-refractivity contribution >= 4 is 5.91 Å². The molecular weight excluding hydrogens is 483 g/mol. The third-order valence-corrected chi connectivity index (χ3v) is 6.96. The van der Waals surface area contributed by atoms with Crippen LogP contribution in [0, 0.1) is 18.8 Å². The smallest absolute Gasteiger partial charge is 0.416 e. The van der Waals surface area contributed by atoms with Crippen LogP contribution in [-0.4, -0.2) is 49.9 Å². The van der Waals surface area contributed by atoms with Gasteiger partial charge in [0.1, 0.15) is 12.3 Å². The third kappa shape index (κ3) is 6.06. The first-order valence-electron chi connectivity index (χ1n) is 12.5. The first-order chi connectivity index (χ1) is 17.8.